The normalized spacial score (nSPS) is 15.8. The zero-order valence-electron chi connectivity index (χ0n) is 18.2. The predicted octanol–water partition coefficient (Wildman–Crippen LogP) is 4.81. The third kappa shape index (κ3) is 5.66. The van der Waals surface area contributed by atoms with E-state index in [-0.39, 0.29) is 29.6 Å². The molecule has 0 aliphatic heterocycles. The molecule has 0 saturated carbocycles. The molecule has 1 aliphatic carbocycles. The summed E-state index contributed by atoms with van der Waals surface area (Å²) < 4.78 is 0. The third-order valence-electron chi connectivity index (χ3n) is 6.08. The molecule has 0 spiro atoms. The van der Waals surface area contributed by atoms with E-state index < -0.39 is 5.97 Å². The molecule has 3 N–H and O–H groups in total. The van der Waals surface area contributed by atoms with E-state index in [1.807, 2.05) is 48.5 Å². The molecule has 1 unspecified atom stereocenters. The first kappa shape index (κ1) is 22.3. The number of phenols is 1. The number of carbonyl (C=O) groups is 2. The summed E-state index contributed by atoms with van der Waals surface area (Å²) in [6.45, 7) is 0. The SMILES string of the molecule is O=C(CCc1ccc(-c2ccc(O)cc2)cc1)NC1=C(C(=O)O)CC(c2ccncc2)CC1. The zero-order valence-corrected chi connectivity index (χ0v) is 18.2. The molecule has 6 nitrogen and oxygen atoms in total. The molecule has 33 heavy (non-hydrogen) atoms. The van der Waals surface area contributed by atoms with Gasteiger partial charge in [-0.25, -0.2) is 4.79 Å². The lowest BCUT2D eigenvalue weighted by molar-refractivity contribution is -0.133. The van der Waals surface area contributed by atoms with Crippen molar-refractivity contribution < 1.29 is 19.8 Å². The lowest BCUT2D eigenvalue weighted by atomic mass is 9.82. The molecule has 168 valence electrons. The summed E-state index contributed by atoms with van der Waals surface area (Å²) in [6.07, 6.45) is 5.99. The Labute approximate surface area is 192 Å². The number of amides is 1. The number of carboxylic acids is 1. The number of allylic oxidation sites excluding steroid dienone is 1. The highest BCUT2D eigenvalue weighted by molar-refractivity contribution is 5.89. The van der Waals surface area contributed by atoms with Crippen molar-refractivity contribution in [3.63, 3.8) is 0 Å². The van der Waals surface area contributed by atoms with Crippen LogP contribution in [-0.2, 0) is 16.0 Å². The number of pyridine rings is 1. The third-order valence-corrected chi connectivity index (χ3v) is 6.08. The van der Waals surface area contributed by atoms with E-state index in [1.54, 1.807) is 24.5 Å². The predicted molar refractivity (Wildman–Crippen MR) is 125 cm³/mol. The lowest BCUT2D eigenvalue weighted by Gasteiger charge is -2.26. The van der Waals surface area contributed by atoms with Crippen molar-refractivity contribution in [1.82, 2.24) is 10.3 Å². The second-order valence-electron chi connectivity index (χ2n) is 8.27. The van der Waals surface area contributed by atoms with Crippen LogP contribution in [-0.4, -0.2) is 27.1 Å². The molecule has 1 aromatic heterocycles. The standard InChI is InChI=1S/C27H26N2O4/c30-23-9-6-20(7-10-23)19-4-1-18(2-5-19)3-12-26(31)29-25-11-8-22(17-24(25)27(32)33)21-13-15-28-16-14-21/h1-2,4-7,9-10,13-16,22,30H,3,8,11-12,17H2,(H,29,31)(H,32,33). The van der Waals surface area contributed by atoms with E-state index in [2.05, 4.69) is 10.3 Å². The van der Waals surface area contributed by atoms with Crippen LogP contribution in [0.2, 0.25) is 0 Å². The Kier molecular flexibility index (Phi) is 6.83. The molecule has 4 rings (SSSR count). The quantitative estimate of drug-likeness (QED) is 0.488. The maximum atomic E-state index is 12.6. The summed E-state index contributed by atoms with van der Waals surface area (Å²) in [7, 11) is 0. The summed E-state index contributed by atoms with van der Waals surface area (Å²) in [4.78, 5) is 28.4. The highest BCUT2D eigenvalue weighted by Gasteiger charge is 2.27. The first-order valence-electron chi connectivity index (χ1n) is 11.0. The van der Waals surface area contributed by atoms with E-state index in [0.29, 0.717) is 25.0 Å². The Morgan fingerprint density at radius 2 is 1.58 bits per heavy atom. The molecule has 3 aromatic rings. The molecule has 1 amide bonds. The highest BCUT2D eigenvalue weighted by atomic mass is 16.4. The summed E-state index contributed by atoms with van der Waals surface area (Å²) in [5, 5.41) is 22.0. The van der Waals surface area contributed by atoms with Crippen LogP contribution in [0.25, 0.3) is 11.1 Å². The van der Waals surface area contributed by atoms with Crippen LogP contribution in [0.1, 0.15) is 42.7 Å². The number of aliphatic carboxylic acids is 1. The number of aromatic hydroxyl groups is 1. The van der Waals surface area contributed by atoms with Gasteiger partial charge in [0.15, 0.2) is 0 Å². The Morgan fingerprint density at radius 3 is 2.21 bits per heavy atom. The van der Waals surface area contributed by atoms with Gasteiger partial charge >= 0.3 is 5.97 Å². The number of carbonyl (C=O) groups excluding carboxylic acids is 1. The van der Waals surface area contributed by atoms with Gasteiger partial charge in [-0.3, -0.25) is 9.78 Å². The van der Waals surface area contributed by atoms with Crippen LogP contribution >= 0.6 is 0 Å². The van der Waals surface area contributed by atoms with Crippen molar-refractivity contribution in [2.45, 2.75) is 38.0 Å². The number of aromatic nitrogens is 1. The van der Waals surface area contributed by atoms with Crippen molar-refractivity contribution in [1.29, 1.82) is 0 Å². The average molecular weight is 443 g/mol. The maximum Gasteiger partial charge on any atom is 0.333 e. The van der Waals surface area contributed by atoms with Crippen LogP contribution < -0.4 is 5.32 Å². The number of hydrogen-bond acceptors (Lipinski definition) is 4. The summed E-state index contributed by atoms with van der Waals surface area (Å²) in [5.41, 5.74) is 4.96. The molecular formula is C27H26N2O4. The number of aryl methyl sites for hydroxylation is 1. The fourth-order valence-electron chi connectivity index (χ4n) is 4.22. The van der Waals surface area contributed by atoms with Crippen molar-refractivity contribution in [3.05, 3.63) is 95.5 Å². The molecule has 0 radical (unpaired) electrons. The first-order chi connectivity index (χ1) is 16.0. The van der Waals surface area contributed by atoms with Gasteiger partial charge in [-0.2, -0.15) is 0 Å². The number of carboxylic acid groups (broad SMARTS) is 1. The minimum atomic E-state index is -0.978. The number of hydrogen-bond donors (Lipinski definition) is 3. The number of phenolic OH excluding ortho intramolecular Hbond substituents is 1. The topological polar surface area (TPSA) is 99.5 Å². The number of benzene rings is 2. The van der Waals surface area contributed by atoms with E-state index in [0.717, 1.165) is 28.7 Å². The van der Waals surface area contributed by atoms with Gasteiger partial charge in [0.1, 0.15) is 5.75 Å². The van der Waals surface area contributed by atoms with Crippen LogP contribution in [0, 0.1) is 0 Å². The minimum absolute atomic E-state index is 0.117. The largest absolute Gasteiger partial charge is 0.508 e. The number of rotatable bonds is 7. The molecule has 1 atom stereocenters. The van der Waals surface area contributed by atoms with Crippen molar-refractivity contribution in [3.8, 4) is 16.9 Å². The number of nitrogens with zero attached hydrogens (tertiary/aromatic N) is 1. The van der Waals surface area contributed by atoms with Gasteiger partial charge in [-0.15, -0.1) is 0 Å². The van der Waals surface area contributed by atoms with Gasteiger partial charge in [-0.1, -0.05) is 36.4 Å². The first-order valence-corrected chi connectivity index (χ1v) is 11.0. The second kappa shape index (κ2) is 10.1. The van der Waals surface area contributed by atoms with Crippen LogP contribution in [0.3, 0.4) is 0 Å². The fourth-order valence-corrected chi connectivity index (χ4v) is 4.22. The Morgan fingerprint density at radius 1 is 0.939 bits per heavy atom. The molecule has 1 heterocycles. The maximum absolute atomic E-state index is 12.6. The summed E-state index contributed by atoms with van der Waals surface area (Å²) >= 11 is 0. The van der Waals surface area contributed by atoms with E-state index in [9.17, 15) is 19.8 Å². The van der Waals surface area contributed by atoms with Crippen molar-refractivity contribution in [2.24, 2.45) is 0 Å². The Balaban J connectivity index is 1.35. The monoisotopic (exact) mass is 442 g/mol. The number of nitrogens with one attached hydrogen (secondary N) is 1. The van der Waals surface area contributed by atoms with E-state index >= 15 is 0 Å². The smallest absolute Gasteiger partial charge is 0.333 e. The zero-order chi connectivity index (χ0) is 23.2. The van der Waals surface area contributed by atoms with E-state index in [4.69, 9.17) is 0 Å². The van der Waals surface area contributed by atoms with Gasteiger partial charge in [0.25, 0.3) is 0 Å². The molecule has 1 aliphatic rings. The van der Waals surface area contributed by atoms with Crippen LogP contribution in [0.15, 0.2) is 84.3 Å². The fraction of sp³-hybridized carbons (Fsp3) is 0.222. The van der Waals surface area contributed by atoms with Gasteiger partial charge in [0, 0.05) is 24.5 Å². The second-order valence-corrected chi connectivity index (χ2v) is 8.27. The van der Waals surface area contributed by atoms with Gasteiger partial charge in [0.2, 0.25) is 5.91 Å². The molecule has 0 bridgehead atoms. The van der Waals surface area contributed by atoms with Crippen molar-refractivity contribution in [2.75, 3.05) is 0 Å². The van der Waals surface area contributed by atoms with Gasteiger partial charge in [-0.05, 0) is 78.1 Å². The van der Waals surface area contributed by atoms with Crippen molar-refractivity contribution >= 4 is 11.9 Å². The van der Waals surface area contributed by atoms with Gasteiger partial charge in [0.05, 0.1) is 5.57 Å². The highest BCUT2D eigenvalue weighted by Crippen LogP contribution is 2.35. The summed E-state index contributed by atoms with van der Waals surface area (Å²) in [6, 6.07) is 18.8. The minimum Gasteiger partial charge on any atom is -0.508 e. The van der Waals surface area contributed by atoms with Gasteiger partial charge < -0.3 is 15.5 Å². The molecular weight excluding hydrogens is 416 g/mol. The lowest BCUT2D eigenvalue weighted by Crippen LogP contribution is -2.29. The van der Waals surface area contributed by atoms with Crippen LogP contribution in [0.4, 0.5) is 0 Å². The molecule has 2 aromatic carbocycles. The molecule has 0 saturated heterocycles. The Hall–Kier alpha value is -3.93. The Bertz CT molecular complexity index is 1150. The van der Waals surface area contributed by atoms with E-state index in [1.165, 1.54) is 0 Å². The molecule has 0 fully saturated rings. The van der Waals surface area contributed by atoms with Crippen LogP contribution in [0.5, 0.6) is 5.75 Å². The molecule has 6 heteroatoms. The average Bonchev–Trinajstić information content (AvgIpc) is 2.84. The summed E-state index contributed by atoms with van der Waals surface area (Å²) in [5.74, 6) is -0.803.